The molecular formula is C19H22N2O5. The van der Waals surface area contributed by atoms with Crippen LogP contribution in [-0.4, -0.2) is 41.0 Å². The number of fused-ring (bicyclic) bond motifs is 5. The van der Waals surface area contributed by atoms with E-state index in [0.717, 1.165) is 29.0 Å². The van der Waals surface area contributed by atoms with Crippen LogP contribution in [0.25, 0.3) is 0 Å². The molecule has 3 heterocycles. The maximum atomic E-state index is 12.6. The predicted octanol–water partition coefficient (Wildman–Crippen LogP) is 1.26. The quantitative estimate of drug-likeness (QED) is 0.819. The number of carbonyl (C=O) groups is 3. The highest BCUT2D eigenvalue weighted by Gasteiger charge is 2.63. The van der Waals surface area contributed by atoms with Gasteiger partial charge in [0, 0.05) is 0 Å². The minimum Gasteiger partial charge on any atom is -0.481 e. The smallest absolute Gasteiger partial charge is 0.279 e. The van der Waals surface area contributed by atoms with Crippen molar-refractivity contribution < 1.29 is 23.9 Å². The fourth-order valence-corrected chi connectivity index (χ4v) is 4.07. The van der Waals surface area contributed by atoms with E-state index in [-0.39, 0.29) is 24.0 Å². The summed E-state index contributed by atoms with van der Waals surface area (Å²) < 4.78 is 11.3. The van der Waals surface area contributed by atoms with Gasteiger partial charge in [-0.25, -0.2) is 0 Å². The molecule has 3 saturated heterocycles. The Morgan fingerprint density at radius 1 is 1.15 bits per heavy atom. The van der Waals surface area contributed by atoms with Crippen LogP contribution in [0.15, 0.2) is 18.2 Å². The number of nitrogens with zero attached hydrogens (tertiary/aromatic N) is 1. The highest BCUT2D eigenvalue weighted by molar-refractivity contribution is 6.07. The summed E-state index contributed by atoms with van der Waals surface area (Å²) in [6, 6.07) is 5.56. The van der Waals surface area contributed by atoms with Crippen LogP contribution < -0.4 is 10.2 Å². The largest absolute Gasteiger partial charge is 0.481 e. The molecule has 3 fully saturated rings. The van der Waals surface area contributed by atoms with Gasteiger partial charge < -0.3 is 9.47 Å². The van der Waals surface area contributed by atoms with Gasteiger partial charge in [0.25, 0.3) is 17.7 Å². The first-order valence-corrected chi connectivity index (χ1v) is 8.94. The van der Waals surface area contributed by atoms with Crippen LogP contribution >= 0.6 is 0 Å². The minimum absolute atomic E-state index is 0.201. The van der Waals surface area contributed by atoms with Crippen LogP contribution in [0.3, 0.4) is 0 Å². The third kappa shape index (κ3) is 2.58. The molecular weight excluding hydrogens is 336 g/mol. The summed E-state index contributed by atoms with van der Waals surface area (Å²) in [5.41, 5.74) is 4.63. The standard InChI is InChI=1S/C19H22N2O5/c1-9-4-5-12(8-10(9)2)25-11(3)17(22)20-21-18(23)15-13-6-7-14(26-13)16(15)19(21)24/h4-5,8,11,13-16H,6-7H2,1-3H3,(H,20,22)/t11-,13-,14+,15+,16-/m0/s1. The number of rotatable bonds is 4. The molecule has 0 unspecified atom stereocenters. The third-order valence-electron chi connectivity index (χ3n) is 5.67. The van der Waals surface area contributed by atoms with Crippen molar-refractivity contribution in [2.24, 2.45) is 11.8 Å². The Balaban J connectivity index is 1.42. The van der Waals surface area contributed by atoms with Crippen molar-refractivity contribution in [3.8, 4) is 5.75 Å². The van der Waals surface area contributed by atoms with Crippen molar-refractivity contribution in [1.82, 2.24) is 10.4 Å². The van der Waals surface area contributed by atoms with E-state index in [4.69, 9.17) is 9.47 Å². The molecule has 0 spiro atoms. The van der Waals surface area contributed by atoms with Gasteiger partial charge in [-0.3, -0.25) is 19.8 Å². The Labute approximate surface area is 151 Å². The van der Waals surface area contributed by atoms with E-state index >= 15 is 0 Å². The molecule has 5 atom stereocenters. The van der Waals surface area contributed by atoms with Crippen LogP contribution in [0.2, 0.25) is 0 Å². The maximum absolute atomic E-state index is 12.6. The van der Waals surface area contributed by atoms with Gasteiger partial charge in [-0.1, -0.05) is 6.07 Å². The second-order valence-corrected chi connectivity index (χ2v) is 7.34. The van der Waals surface area contributed by atoms with Crippen LogP contribution in [-0.2, 0) is 19.1 Å². The number of ether oxygens (including phenoxy) is 2. The Morgan fingerprint density at radius 2 is 1.77 bits per heavy atom. The molecule has 3 amide bonds. The van der Waals surface area contributed by atoms with Crippen molar-refractivity contribution in [2.75, 3.05) is 0 Å². The number of benzene rings is 1. The first kappa shape index (κ1) is 17.0. The number of carbonyl (C=O) groups excluding carboxylic acids is 3. The second-order valence-electron chi connectivity index (χ2n) is 7.34. The van der Waals surface area contributed by atoms with Gasteiger partial charge in [0.2, 0.25) is 0 Å². The van der Waals surface area contributed by atoms with Gasteiger partial charge in [-0.15, -0.1) is 0 Å². The van der Waals surface area contributed by atoms with Gasteiger partial charge >= 0.3 is 0 Å². The molecule has 7 nitrogen and oxygen atoms in total. The zero-order valence-electron chi connectivity index (χ0n) is 15.0. The molecule has 3 aliphatic rings. The average Bonchev–Trinajstić information content (AvgIpc) is 3.28. The zero-order valence-corrected chi connectivity index (χ0v) is 15.0. The SMILES string of the molecule is Cc1ccc(O[C@@H](C)C(=O)NN2C(=O)[C@@H]3[C@H](C2=O)[C@@H]2CC[C@H]3O2)cc1C. The van der Waals surface area contributed by atoms with Gasteiger partial charge in [0.05, 0.1) is 24.0 Å². The lowest BCUT2D eigenvalue weighted by atomic mass is 9.81. The number of nitrogens with one attached hydrogen (secondary N) is 1. The van der Waals surface area contributed by atoms with Crippen molar-refractivity contribution in [3.63, 3.8) is 0 Å². The first-order valence-electron chi connectivity index (χ1n) is 8.94. The fraction of sp³-hybridized carbons (Fsp3) is 0.526. The average molecular weight is 358 g/mol. The molecule has 0 saturated carbocycles. The molecule has 7 heteroatoms. The fourth-order valence-electron chi connectivity index (χ4n) is 4.07. The molecule has 0 aliphatic carbocycles. The predicted molar refractivity (Wildman–Crippen MR) is 90.9 cm³/mol. The maximum Gasteiger partial charge on any atom is 0.279 e. The number of amides is 3. The van der Waals surface area contributed by atoms with Crippen LogP contribution in [0.1, 0.15) is 30.9 Å². The number of hydrogen-bond acceptors (Lipinski definition) is 5. The van der Waals surface area contributed by atoms with Crippen molar-refractivity contribution in [3.05, 3.63) is 29.3 Å². The zero-order chi connectivity index (χ0) is 18.6. The normalized spacial score (nSPS) is 30.5. The highest BCUT2D eigenvalue weighted by Crippen LogP contribution is 2.48. The van der Waals surface area contributed by atoms with E-state index in [1.807, 2.05) is 26.0 Å². The van der Waals surface area contributed by atoms with Gasteiger partial charge in [0.15, 0.2) is 6.10 Å². The molecule has 1 aromatic carbocycles. The van der Waals surface area contributed by atoms with Gasteiger partial charge in [0.1, 0.15) is 5.75 Å². The summed E-state index contributed by atoms with van der Waals surface area (Å²) in [7, 11) is 0. The molecule has 1 N–H and O–H groups in total. The highest BCUT2D eigenvalue weighted by atomic mass is 16.5. The Bertz CT molecular complexity index is 764. The third-order valence-corrected chi connectivity index (χ3v) is 5.67. The topological polar surface area (TPSA) is 84.9 Å². The van der Waals surface area contributed by atoms with E-state index in [1.165, 1.54) is 0 Å². The molecule has 3 aliphatic heterocycles. The number of imide groups is 1. The summed E-state index contributed by atoms with van der Waals surface area (Å²) in [6.45, 7) is 5.54. The molecule has 1 aromatic rings. The lowest BCUT2D eigenvalue weighted by molar-refractivity contribution is -0.153. The van der Waals surface area contributed by atoms with E-state index in [9.17, 15) is 14.4 Å². The Morgan fingerprint density at radius 3 is 2.35 bits per heavy atom. The molecule has 0 aromatic heterocycles. The summed E-state index contributed by atoms with van der Waals surface area (Å²) in [5, 5.41) is 0.867. The molecule has 4 rings (SSSR count). The van der Waals surface area contributed by atoms with Crippen molar-refractivity contribution >= 4 is 17.7 Å². The van der Waals surface area contributed by atoms with Crippen LogP contribution in [0, 0.1) is 25.7 Å². The number of aryl methyl sites for hydroxylation is 2. The van der Waals surface area contributed by atoms with Gasteiger partial charge in [-0.2, -0.15) is 5.01 Å². The molecule has 26 heavy (non-hydrogen) atoms. The number of hydrogen-bond donors (Lipinski definition) is 1. The lowest BCUT2D eigenvalue weighted by Crippen LogP contribution is -2.51. The lowest BCUT2D eigenvalue weighted by Gasteiger charge is -2.21. The summed E-state index contributed by atoms with van der Waals surface area (Å²) in [5.74, 6) is -1.63. The second kappa shape index (κ2) is 6.09. The van der Waals surface area contributed by atoms with Crippen molar-refractivity contribution in [1.29, 1.82) is 0 Å². The summed E-state index contributed by atoms with van der Waals surface area (Å²) in [4.78, 5) is 37.5. The summed E-state index contributed by atoms with van der Waals surface area (Å²) in [6.07, 6.45) is 0.337. The van der Waals surface area contributed by atoms with Crippen LogP contribution in [0.5, 0.6) is 5.75 Å². The van der Waals surface area contributed by atoms with E-state index in [2.05, 4.69) is 5.43 Å². The first-order chi connectivity index (χ1) is 12.4. The Kier molecular flexibility index (Phi) is 3.99. The van der Waals surface area contributed by atoms with E-state index < -0.39 is 23.8 Å². The summed E-state index contributed by atoms with van der Waals surface area (Å²) >= 11 is 0. The minimum atomic E-state index is -0.842. The van der Waals surface area contributed by atoms with E-state index in [1.54, 1.807) is 13.0 Å². The number of hydrazine groups is 1. The van der Waals surface area contributed by atoms with Crippen molar-refractivity contribution in [2.45, 2.75) is 51.9 Å². The molecule has 138 valence electrons. The monoisotopic (exact) mass is 358 g/mol. The van der Waals surface area contributed by atoms with Crippen LogP contribution in [0.4, 0.5) is 0 Å². The van der Waals surface area contributed by atoms with E-state index in [0.29, 0.717) is 5.75 Å². The van der Waals surface area contributed by atoms with Gasteiger partial charge in [-0.05, 0) is 56.9 Å². The Hall–Kier alpha value is -2.41. The molecule has 0 radical (unpaired) electrons. The molecule has 2 bridgehead atoms.